The summed E-state index contributed by atoms with van der Waals surface area (Å²) < 4.78 is 35.3. The molecule has 0 saturated heterocycles. The smallest absolute Gasteiger partial charge is 0.461 e. The molecule has 0 heterocycles. The fourth-order valence-electron chi connectivity index (χ4n) is 3.30. The highest BCUT2D eigenvalue weighted by Gasteiger charge is 2.28. The second kappa shape index (κ2) is 14.7. The lowest BCUT2D eigenvalue weighted by Gasteiger charge is -2.20. The second-order valence-electron chi connectivity index (χ2n) is 8.39. The molecule has 3 rings (SSSR count). The van der Waals surface area contributed by atoms with E-state index in [9.17, 15) is 14.5 Å². The normalized spacial score (nSPS) is 13.2. The number of carbonyl (C=O) groups excluding carboxylic acids is 1. The van der Waals surface area contributed by atoms with Gasteiger partial charge in [-0.05, 0) is 36.5 Å². The van der Waals surface area contributed by atoms with Crippen LogP contribution in [0.5, 0.6) is 0 Å². The third-order valence-corrected chi connectivity index (χ3v) is 6.92. The van der Waals surface area contributed by atoms with Crippen LogP contribution in [0.1, 0.15) is 36.5 Å². The van der Waals surface area contributed by atoms with Crippen LogP contribution in [0.4, 0.5) is 0 Å². The number of esters is 1. The van der Waals surface area contributed by atoms with E-state index < -0.39 is 25.8 Å². The maximum Gasteiger partial charge on any atom is 0.475 e. The minimum Gasteiger partial charge on any atom is -0.461 e. The van der Waals surface area contributed by atoms with Crippen molar-refractivity contribution in [2.24, 2.45) is 5.92 Å². The summed E-state index contributed by atoms with van der Waals surface area (Å²) in [7, 11) is -3.87. The van der Waals surface area contributed by atoms with E-state index in [-0.39, 0.29) is 32.8 Å². The number of benzene rings is 3. The number of ether oxygens (including phenoxy) is 1. The minimum atomic E-state index is -3.87. The molecule has 2 atom stereocenters. The van der Waals surface area contributed by atoms with Gasteiger partial charge in [-0.15, -0.1) is 0 Å². The molecule has 0 amide bonds. The topological polar surface area (TPSA) is 91.3 Å². The van der Waals surface area contributed by atoms with Gasteiger partial charge in [-0.25, -0.2) is 4.57 Å². The van der Waals surface area contributed by atoms with Crippen LogP contribution in [-0.4, -0.2) is 23.8 Å². The Balaban J connectivity index is 1.46. The summed E-state index contributed by atoms with van der Waals surface area (Å²) in [4.78, 5) is 12.3. The predicted octanol–water partition coefficient (Wildman–Crippen LogP) is 6.07. The Bertz CT molecular complexity index is 1030. The first-order valence-electron chi connectivity index (χ1n) is 12.0. The fourth-order valence-corrected chi connectivity index (χ4v) is 4.49. The summed E-state index contributed by atoms with van der Waals surface area (Å²) in [6.07, 6.45) is -0.309. The number of rotatable bonds is 15. The van der Waals surface area contributed by atoms with Crippen LogP contribution in [0.2, 0.25) is 0 Å². The van der Waals surface area contributed by atoms with Crippen molar-refractivity contribution in [1.82, 2.24) is 0 Å². The van der Waals surface area contributed by atoms with E-state index in [1.54, 1.807) is 6.92 Å². The molecule has 8 heteroatoms. The molecule has 1 N–H and O–H groups in total. The molecular formula is C28H33O7P. The van der Waals surface area contributed by atoms with E-state index in [0.29, 0.717) is 6.42 Å². The van der Waals surface area contributed by atoms with Crippen LogP contribution >= 0.6 is 7.82 Å². The highest BCUT2D eigenvalue weighted by atomic mass is 31.2. The Morgan fingerprint density at radius 3 is 1.67 bits per heavy atom. The molecule has 3 aromatic carbocycles. The highest BCUT2D eigenvalue weighted by molar-refractivity contribution is 7.48. The number of hydrogen-bond acceptors (Lipinski definition) is 7. The molecule has 0 spiro atoms. The summed E-state index contributed by atoms with van der Waals surface area (Å²) in [6.45, 7) is 1.94. The molecule has 0 fully saturated rings. The number of carbonyl (C=O) groups is 1. The van der Waals surface area contributed by atoms with Crippen LogP contribution in [-0.2, 0) is 47.5 Å². The van der Waals surface area contributed by atoms with E-state index in [0.717, 1.165) is 16.7 Å². The lowest BCUT2D eigenvalue weighted by molar-refractivity contribution is -0.153. The first-order chi connectivity index (χ1) is 17.5. The summed E-state index contributed by atoms with van der Waals surface area (Å²) in [5, 5.41) is 10.4. The van der Waals surface area contributed by atoms with Crippen molar-refractivity contribution in [3.05, 3.63) is 108 Å². The maximum absolute atomic E-state index is 13.3. The van der Waals surface area contributed by atoms with Crippen molar-refractivity contribution in [1.29, 1.82) is 0 Å². The second-order valence-corrected chi connectivity index (χ2v) is 10.1. The van der Waals surface area contributed by atoms with E-state index >= 15 is 0 Å². The minimum absolute atomic E-state index is 0.0314. The average Bonchev–Trinajstić information content (AvgIpc) is 2.93. The summed E-state index contributed by atoms with van der Waals surface area (Å²) in [5.41, 5.74) is 2.55. The van der Waals surface area contributed by atoms with Crippen LogP contribution < -0.4 is 0 Å². The van der Waals surface area contributed by atoms with Gasteiger partial charge in [0.15, 0.2) is 0 Å². The number of aliphatic hydroxyl groups is 1. The molecule has 36 heavy (non-hydrogen) atoms. The predicted molar refractivity (Wildman–Crippen MR) is 137 cm³/mol. The van der Waals surface area contributed by atoms with Gasteiger partial charge in [-0.3, -0.25) is 18.4 Å². The lowest BCUT2D eigenvalue weighted by Crippen LogP contribution is -2.27. The molecule has 0 aromatic heterocycles. The third-order valence-electron chi connectivity index (χ3n) is 5.53. The van der Waals surface area contributed by atoms with Crippen molar-refractivity contribution < 1.29 is 32.8 Å². The highest BCUT2D eigenvalue weighted by Crippen LogP contribution is 2.51. The third kappa shape index (κ3) is 9.69. The zero-order valence-corrected chi connectivity index (χ0v) is 21.3. The van der Waals surface area contributed by atoms with E-state index in [2.05, 4.69) is 0 Å². The van der Waals surface area contributed by atoms with Crippen LogP contribution in [0.15, 0.2) is 91.0 Å². The lowest BCUT2D eigenvalue weighted by atomic mass is 10.0. The molecule has 0 saturated carbocycles. The number of aliphatic hydroxyl groups excluding tert-OH is 1. The Hall–Kier alpha value is -2.80. The standard InChI is InChI=1S/C28H33O7P/c1-23(28(30)32-20-24-12-5-2-6-13-24)27(29)18-11-19-33-36(31,34-21-25-14-7-3-8-15-25)35-22-26-16-9-4-10-17-26/h2-10,12-17,23,27,29H,11,18-22H2,1H3/t23-,27+/m1/s1. The van der Waals surface area contributed by atoms with Crippen molar-refractivity contribution >= 4 is 13.8 Å². The average molecular weight is 513 g/mol. The number of hydrogen-bond donors (Lipinski definition) is 1. The van der Waals surface area contributed by atoms with Crippen molar-refractivity contribution in [2.45, 2.75) is 45.7 Å². The molecular weight excluding hydrogens is 479 g/mol. The Morgan fingerprint density at radius 2 is 1.19 bits per heavy atom. The van der Waals surface area contributed by atoms with Crippen LogP contribution in [0.3, 0.4) is 0 Å². The molecule has 7 nitrogen and oxygen atoms in total. The molecule has 0 aliphatic heterocycles. The molecule has 0 aliphatic carbocycles. The Kier molecular flexibility index (Phi) is 11.3. The van der Waals surface area contributed by atoms with Crippen molar-refractivity contribution in [2.75, 3.05) is 6.61 Å². The van der Waals surface area contributed by atoms with Gasteiger partial charge in [0.1, 0.15) is 6.61 Å². The Labute approximate surface area is 212 Å². The SMILES string of the molecule is C[C@@H](C(=O)OCc1ccccc1)[C@@H](O)CCCOP(=O)(OCc1ccccc1)OCc1ccccc1. The monoisotopic (exact) mass is 512 g/mol. The molecule has 0 bridgehead atoms. The molecule has 0 unspecified atom stereocenters. The molecule has 0 radical (unpaired) electrons. The summed E-state index contributed by atoms with van der Waals surface area (Å²) in [5.74, 6) is -1.18. The summed E-state index contributed by atoms with van der Waals surface area (Å²) >= 11 is 0. The largest absolute Gasteiger partial charge is 0.475 e. The van der Waals surface area contributed by atoms with Gasteiger partial charge in [0.2, 0.25) is 0 Å². The quantitative estimate of drug-likeness (QED) is 0.150. The van der Waals surface area contributed by atoms with Gasteiger partial charge in [-0.2, -0.15) is 0 Å². The fraction of sp³-hybridized carbons (Fsp3) is 0.321. The van der Waals surface area contributed by atoms with Gasteiger partial charge in [0.25, 0.3) is 0 Å². The van der Waals surface area contributed by atoms with E-state index in [1.807, 2.05) is 91.0 Å². The van der Waals surface area contributed by atoms with Crippen LogP contribution in [0.25, 0.3) is 0 Å². The number of phosphoric acid groups is 1. The molecule has 0 aliphatic rings. The maximum atomic E-state index is 13.3. The summed E-state index contributed by atoms with van der Waals surface area (Å²) in [6, 6.07) is 28.0. The van der Waals surface area contributed by atoms with E-state index in [4.69, 9.17) is 18.3 Å². The van der Waals surface area contributed by atoms with E-state index in [1.165, 1.54) is 0 Å². The van der Waals surface area contributed by atoms with Gasteiger partial charge in [0.05, 0.1) is 31.8 Å². The zero-order valence-electron chi connectivity index (χ0n) is 20.4. The van der Waals surface area contributed by atoms with Gasteiger partial charge >= 0.3 is 13.8 Å². The zero-order chi connectivity index (χ0) is 25.6. The van der Waals surface area contributed by atoms with Gasteiger partial charge in [-0.1, -0.05) is 91.0 Å². The van der Waals surface area contributed by atoms with Crippen molar-refractivity contribution in [3.63, 3.8) is 0 Å². The first kappa shape index (κ1) is 27.8. The van der Waals surface area contributed by atoms with Gasteiger partial charge < -0.3 is 9.84 Å². The number of phosphoric ester groups is 1. The molecule has 3 aromatic rings. The Morgan fingerprint density at radius 1 is 0.750 bits per heavy atom. The van der Waals surface area contributed by atoms with Crippen molar-refractivity contribution in [3.8, 4) is 0 Å². The van der Waals surface area contributed by atoms with Gasteiger partial charge in [0, 0.05) is 0 Å². The van der Waals surface area contributed by atoms with Crippen LogP contribution in [0, 0.1) is 5.92 Å². The first-order valence-corrected chi connectivity index (χ1v) is 13.4. The molecule has 192 valence electrons.